The molecule has 4 aromatic rings. The Morgan fingerprint density at radius 1 is 1.10 bits per heavy atom. The number of carbonyl (C=O) groups is 2. The summed E-state index contributed by atoms with van der Waals surface area (Å²) in [7, 11) is 0. The molecule has 1 unspecified atom stereocenters. The lowest BCUT2D eigenvalue weighted by atomic mass is 9.97. The van der Waals surface area contributed by atoms with Gasteiger partial charge in [0.2, 0.25) is 5.91 Å². The van der Waals surface area contributed by atoms with Gasteiger partial charge in [-0.25, -0.2) is 9.37 Å². The summed E-state index contributed by atoms with van der Waals surface area (Å²) in [4.78, 5) is 29.9. The zero-order valence-electron chi connectivity index (χ0n) is 21.8. The first-order chi connectivity index (χ1) is 19.4. The summed E-state index contributed by atoms with van der Waals surface area (Å²) >= 11 is 0. The second-order valence-electron chi connectivity index (χ2n) is 9.46. The van der Waals surface area contributed by atoms with Gasteiger partial charge < -0.3 is 25.5 Å². The molecule has 0 aliphatic carbocycles. The third kappa shape index (κ3) is 6.90. The summed E-state index contributed by atoms with van der Waals surface area (Å²) in [6.07, 6.45) is 4.83. The van der Waals surface area contributed by atoms with Crippen LogP contribution in [0.4, 0.5) is 15.9 Å². The zero-order chi connectivity index (χ0) is 28.1. The van der Waals surface area contributed by atoms with E-state index in [0.29, 0.717) is 23.2 Å². The number of hydrogen-bond acceptors (Lipinski definition) is 7. The Labute approximate surface area is 241 Å². The summed E-state index contributed by atoms with van der Waals surface area (Å²) in [5.74, 6) is -1.80. The standard InChI is InChI=1S/C30H26FN5O4.ClH/c31-19-9-10-22(26(37)14-19)25-16-23(24(17-32)29(35-25)36-30(39)27-8-4-12-40-27)18-5-3-7-21(13-18)34-28(38)15-20-6-1-2-11-33-20;/h3-5,7-10,12-14,16,20,33,37H,1-2,6,11,15H2,(H,34,38)(H,35,36,39);1H. The maximum atomic E-state index is 13.7. The molecule has 5 rings (SSSR count). The number of piperidine rings is 1. The van der Waals surface area contributed by atoms with E-state index in [1.165, 1.54) is 24.5 Å². The number of benzene rings is 2. The Kier molecular flexibility index (Phi) is 9.34. The predicted molar refractivity (Wildman–Crippen MR) is 154 cm³/mol. The molecule has 1 aliphatic rings. The van der Waals surface area contributed by atoms with Crippen molar-refractivity contribution in [2.75, 3.05) is 17.2 Å². The minimum atomic E-state index is -0.631. The van der Waals surface area contributed by atoms with Gasteiger partial charge in [-0.1, -0.05) is 18.6 Å². The Hall–Kier alpha value is -4.72. The van der Waals surface area contributed by atoms with E-state index < -0.39 is 11.7 Å². The highest BCUT2D eigenvalue weighted by Crippen LogP contribution is 2.36. The van der Waals surface area contributed by atoms with Crippen LogP contribution in [0.25, 0.3) is 22.4 Å². The first-order valence-electron chi connectivity index (χ1n) is 12.8. The molecule has 1 fully saturated rings. The number of anilines is 2. The fourth-order valence-corrected chi connectivity index (χ4v) is 4.71. The molecule has 0 spiro atoms. The maximum absolute atomic E-state index is 13.7. The number of aromatic hydroxyl groups is 1. The average Bonchev–Trinajstić information content (AvgIpc) is 3.49. The van der Waals surface area contributed by atoms with E-state index in [0.717, 1.165) is 31.9 Å². The Balaban J connectivity index is 0.00000387. The van der Waals surface area contributed by atoms with Crippen molar-refractivity contribution in [2.24, 2.45) is 0 Å². The summed E-state index contributed by atoms with van der Waals surface area (Å²) < 4.78 is 18.9. The van der Waals surface area contributed by atoms with Crippen LogP contribution in [0, 0.1) is 17.1 Å². The number of aromatic nitrogens is 1. The smallest absolute Gasteiger partial charge is 0.292 e. The topological polar surface area (TPSA) is 140 Å². The minimum absolute atomic E-state index is 0. The van der Waals surface area contributed by atoms with Gasteiger partial charge >= 0.3 is 0 Å². The summed E-state index contributed by atoms with van der Waals surface area (Å²) in [6, 6.07) is 17.3. The van der Waals surface area contributed by atoms with Crippen molar-refractivity contribution in [3.8, 4) is 34.2 Å². The largest absolute Gasteiger partial charge is 0.507 e. The highest BCUT2D eigenvalue weighted by atomic mass is 35.5. The number of phenolic OH excluding ortho intramolecular Hbond substituents is 1. The predicted octanol–water partition coefficient (Wildman–Crippen LogP) is 5.87. The van der Waals surface area contributed by atoms with Crippen LogP contribution in [0.15, 0.2) is 71.3 Å². The van der Waals surface area contributed by atoms with E-state index in [4.69, 9.17) is 4.42 Å². The van der Waals surface area contributed by atoms with Crippen LogP contribution in [0.3, 0.4) is 0 Å². The number of rotatable bonds is 7. The molecule has 0 saturated carbocycles. The molecule has 0 radical (unpaired) electrons. The highest BCUT2D eigenvalue weighted by molar-refractivity contribution is 6.03. The van der Waals surface area contributed by atoms with Crippen LogP contribution in [0.1, 0.15) is 41.8 Å². The number of furan rings is 1. The number of phenols is 1. The fraction of sp³-hybridized carbons (Fsp3) is 0.200. The van der Waals surface area contributed by atoms with Gasteiger partial charge in [0, 0.05) is 35.3 Å². The second kappa shape index (κ2) is 13.1. The maximum Gasteiger partial charge on any atom is 0.292 e. The van der Waals surface area contributed by atoms with Gasteiger partial charge in [-0.3, -0.25) is 9.59 Å². The van der Waals surface area contributed by atoms with E-state index in [2.05, 4.69) is 27.0 Å². The number of nitrogens with zero attached hydrogens (tertiary/aromatic N) is 2. The monoisotopic (exact) mass is 575 g/mol. The van der Waals surface area contributed by atoms with E-state index in [9.17, 15) is 24.3 Å². The molecule has 2 amide bonds. The molecule has 1 saturated heterocycles. The lowest BCUT2D eigenvalue weighted by Crippen LogP contribution is -2.36. The number of nitriles is 1. The van der Waals surface area contributed by atoms with E-state index in [-0.39, 0.29) is 58.5 Å². The molecule has 3 heterocycles. The van der Waals surface area contributed by atoms with Gasteiger partial charge in [-0.05, 0) is 67.4 Å². The molecule has 41 heavy (non-hydrogen) atoms. The number of pyridine rings is 1. The van der Waals surface area contributed by atoms with Crippen LogP contribution < -0.4 is 16.0 Å². The minimum Gasteiger partial charge on any atom is -0.507 e. The first kappa shape index (κ1) is 29.3. The van der Waals surface area contributed by atoms with Gasteiger partial charge in [0.05, 0.1) is 12.0 Å². The van der Waals surface area contributed by atoms with Crippen molar-refractivity contribution in [1.82, 2.24) is 10.3 Å². The fourth-order valence-electron chi connectivity index (χ4n) is 4.71. The molecule has 11 heteroatoms. The van der Waals surface area contributed by atoms with Crippen LogP contribution in [-0.4, -0.2) is 34.5 Å². The van der Waals surface area contributed by atoms with Gasteiger partial charge in [0.15, 0.2) is 11.6 Å². The third-order valence-electron chi connectivity index (χ3n) is 6.65. The lowest BCUT2D eigenvalue weighted by molar-refractivity contribution is -0.116. The third-order valence-corrected chi connectivity index (χ3v) is 6.65. The summed E-state index contributed by atoms with van der Waals surface area (Å²) in [6.45, 7) is 0.900. The van der Waals surface area contributed by atoms with Crippen LogP contribution >= 0.6 is 12.4 Å². The van der Waals surface area contributed by atoms with Crippen molar-refractivity contribution < 1.29 is 23.5 Å². The quantitative estimate of drug-likeness (QED) is 0.216. The van der Waals surface area contributed by atoms with Crippen LogP contribution in [-0.2, 0) is 4.79 Å². The van der Waals surface area contributed by atoms with Crippen molar-refractivity contribution in [1.29, 1.82) is 5.26 Å². The number of amides is 2. The highest BCUT2D eigenvalue weighted by Gasteiger charge is 2.21. The normalized spacial score (nSPS) is 14.4. The molecule has 4 N–H and O–H groups in total. The second-order valence-corrected chi connectivity index (χ2v) is 9.46. The number of hydrogen-bond donors (Lipinski definition) is 4. The Morgan fingerprint density at radius 3 is 2.66 bits per heavy atom. The van der Waals surface area contributed by atoms with E-state index in [1.807, 2.05) is 0 Å². The first-order valence-corrected chi connectivity index (χ1v) is 12.8. The molecule has 1 aliphatic heterocycles. The van der Waals surface area contributed by atoms with Crippen LogP contribution in [0.2, 0.25) is 0 Å². The molecule has 1 atom stereocenters. The Bertz CT molecular complexity index is 1600. The van der Waals surface area contributed by atoms with Crippen molar-refractivity contribution >= 4 is 35.7 Å². The molecular formula is C30H27ClFN5O4. The Morgan fingerprint density at radius 2 is 1.95 bits per heavy atom. The molecule has 210 valence electrons. The summed E-state index contributed by atoms with van der Waals surface area (Å²) in [5.41, 5.74) is 1.93. The molecular weight excluding hydrogens is 549 g/mol. The van der Waals surface area contributed by atoms with E-state index in [1.54, 1.807) is 36.4 Å². The van der Waals surface area contributed by atoms with Crippen molar-refractivity contribution in [3.63, 3.8) is 0 Å². The summed E-state index contributed by atoms with van der Waals surface area (Å²) in [5, 5.41) is 29.4. The van der Waals surface area contributed by atoms with Crippen molar-refractivity contribution in [3.05, 3.63) is 84.1 Å². The number of halogens is 2. The zero-order valence-corrected chi connectivity index (χ0v) is 22.6. The average molecular weight is 576 g/mol. The number of carbonyl (C=O) groups excluding carboxylic acids is 2. The molecule has 0 bridgehead atoms. The van der Waals surface area contributed by atoms with Crippen LogP contribution in [0.5, 0.6) is 5.75 Å². The lowest BCUT2D eigenvalue weighted by Gasteiger charge is -2.22. The van der Waals surface area contributed by atoms with Gasteiger partial charge in [0.1, 0.15) is 23.2 Å². The SMILES string of the molecule is Cl.N#Cc1c(-c2cccc(NC(=O)CC3CCCCN3)c2)cc(-c2ccc(F)cc2O)nc1NC(=O)c1ccco1. The van der Waals surface area contributed by atoms with Crippen molar-refractivity contribution in [2.45, 2.75) is 31.7 Å². The van der Waals surface area contributed by atoms with E-state index >= 15 is 0 Å². The number of nitrogens with one attached hydrogen (secondary N) is 3. The molecule has 2 aromatic heterocycles. The van der Waals surface area contributed by atoms with Gasteiger partial charge in [-0.15, -0.1) is 12.4 Å². The van der Waals surface area contributed by atoms with Gasteiger partial charge in [0.25, 0.3) is 5.91 Å². The molecule has 2 aromatic carbocycles. The van der Waals surface area contributed by atoms with Gasteiger partial charge in [-0.2, -0.15) is 5.26 Å². The molecule has 9 nitrogen and oxygen atoms in total.